The summed E-state index contributed by atoms with van der Waals surface area (Å²) in [6.07, 6.45) is 1.58. The number of rotatable bonds is 4. The van der Waals surface area contributed by atoms with Gasteiger partial charge in [-0.15, -0.1) is 0 Å². The van der Waals surface area contributed by atoms with E-state index in [0.717, 1.165) is 16.0 Å². The molecular formula is C12H15BrN4. The van der Waals surface area contributed by atoms with Gasteiger partial charge in [-0.3, -0.25) is 0 Å². The fraction of sp³-hybridized carbons (Fsp3) is 0.333. The van der Waals surface area contributed by atoms with Crippen LogP contribution in [0.3, 0.4) is 0 Å². The van der Waals surface area contributed by atoms with E-state index in [4.69, 9.17) is 0 Å². The second-order valence-electron chi connectivity index (χ2n) is 4.08. The molecule has 90 valence electrons. The fourth-order valence-corrected chi connectivity index (χ4v) is 1.96. The summed E-state index contributed by atoms with van der Waals surface area (Å²) in [7, 11) is 0. The summed E-state index contributed by atoms with van der Waals surface area (Å²) in [6.45, 7) is 4.93. The molecule has 0 aliphatic rings. The molecule has 4 nitrogen and oxygen atoms in total. The van der Waals surface area contributed by atoms with E-state index in [1.165, 1.54) is 0 Å². The molecule has 2 aromatic rings. The summed E-state index contributed by atoms with van der Waals surface area (Å²) in [4.78, 5) is 4.27. The first kappa shape index (κ1) is 12.3. The third-order valence-electron chi connectivity index (χ3n) is 2.37. The first-order valence-corrected chi connectivity index (χ1v) is 6.35. The van der Waals surface area contributed by atoms with Gasteiger partial charge in [0, 0.05) is 10.5 Å². The van der Waals surface area contributed by atoms with E-state index in [2.05, 4.69) is 45.2 Å². The lowest BCUT2D eigenvalue weighted by Crippen LogP contribution is -2.24. The van der Waals surface area contributed by atoms with E-state index in [9.17, 15) is 0 Å². The zero-order chi connectivity index (χ0) is 12.3. The van der Waals surface area contributed by atoms with Crippen LogP contribution in [0.4, 0.5) is 0 Å². The van der Waals surface area contributed by atoms with E-state index in [-0.39, 0.29) is 0 Å². The highest BCUT2D eigenvalue weighted by molar-refractivity contribution is 9.10. The Labute approximate surface area is 109 Å². The van der Waals surface area contributed by atoms with Crippen LogP contribution in [-0.4, -0.2) is 20.8 Å². The monoisotopic (exact) mass is 294 g/mol. The van der Waals surface area contributed by atoms with Gasteiger partial charge in [-0.2, -0.15) is 5.10 Å². The minimum absolute atomic E-state index is 0.430. The first-order valence-electron chi connectivity index (χ1n) is 5.55. The summed E-state index contributed by atoms with van der Waals surface area (Å²) in [5, 5.41) is 7.60. The molecule has 1 N–H and O–H groups in total. The van der Waals surface area contributed by atoms with Crippen LogP contribution in [0.1, 0.15) is 19.7 Å². The first-order chi connectivity index (χ1) is 8.18. The molecule has 0 aliphatic carbocycles. The number of para-hydroxylation sites is 1. The molecule has 0 atom stereocenters. The third-order valence-corrected chi connectivity index (χ3v) is 3.04. The number of hydrogen-bond acceptors (Lipinski definition) is 3. The maximum Gasteiger partial charge on any atom is 0.146 e. The normalized spacial score (nSPS) is 11.1. The van der Waals surface area contributed by atoms with Crippen molar-refractivity contribution in [3.63, 3.8) is 0 Å². The number of benzene rings is 1. The Morgan fingerprint density at radius 2 is 2.12 bits per heavy atom. The van der Waals surface area contributed by atoms with E-state index < -0.39 is 0 Å². The molecule has 0 saturated heterocycles. The molecule has 0 saturated carbocycles. The van der Waals surface area contributed by atoms with Gasteiger partial charge in [0.1, 0.15) is 12.2 Å². The van der Waals surface area contributed by atoms with Gasteiger partial charge in [0.15, 0.2) is 0 Å². The number of hydrogen-bond donors (Lipinski definition) is 1. The van der Waals surface area contributed by atoms with Gasteiger partial charge in [-0.05, 0) is 28.1 Å². The second kappa shape index (κ2) is 5.42. The number of nitrogens with one attached hydrogen (secondary N) is 1. The van der Waals surface area contributed by atoms with E-state index in [1.807, 2.05) is 28.9 Å². The molecule has 1 aromatic heterocycles. The number of aromatic nitrogens is 3. The summed E-state index contributed by atoms with van der Waals surface area (Å²) in [5.74, 6) is 0.908. The predicted molar refractivity (Wildman–Crippen MR) is 71.0 cm³/mol. The number of nitrogens with zero attached hydrogens (tertiary/aromatic N) is 3. The molecular weight excluding hydrogens is 280 g/mol. The van der Waals surface area contributed by atoms with Crippen LogP contribution < -0.4 is 5.32 Å². The zero-order valence-corrected chi connectivity index (χ0v) is 11.5. The third kappa shape index (κ3) is 2.92. The molecule has 0 radical (unpaired) electrons. The highest BCUT2D eigenvalue weighted by Crippen LogP contribution is 2.20. The molecule has 0 aliphatic heterocycles. The van der Waals surface area contributed by atoms with Crippen molar-refractivity contribution in [2.75, 3.05) is 0 Å². The lowest BCUT2D eigenvalue weighted by molar-refractivity contribution is 0.563. The Morgan fingerprint density at radius 1 is 1.35 bits per heavy atom. The molecule has 0 fully saturated rings. The largest absolute Gasteiger partial charge is 0.308 e. The van der Waals surface area contributed by atoms with E-state index >= 15 is 0 Å². The SMILES string of the molecule is CC(C)NCc1ncnn1-c1ccccc1Br. The molecule has 1 heterocycles. The molecule has 5 heteroatoms. The summed E-state index contributed by atoms with van der Waals surface area (Å²) in [5.41, 5.74) is 1.01. The van der Waals surface area contributed by atoms with Gasteiger partial charge < -0.3 is 5.32 Å². The summed E-state index contributed by atoms with van der Waals surface area (Å²) < 4.78 is 2.86. The Hall–Kier alpha value is -1.20. The van der Waals surface area contributed by atoms with Crippen molar-refractivity contribution >= 4 is 15.9 Å². The molecule has 0 spiro atoms. The average Bonchev–Trinajstić information content (AvgIpc) is 2.75. The minimum Gasteiger partial charge on any atom is -0.308 e. The van der Waals surface area contributed by atoms with Crippen LogP contribution in [-0.2, 0) is 6.54 Å². The Bertz CT molecular complexity index is 493. The van der Waals surface area contributed by atoms with Crippen molar-refractivity contribution in [1.82, 2.24) is 20.1 Å². The quantitative estimate of drug-likeness (QED) is 0.942. The van der Waals surface area contributed by atoms with Crippen LogP contribution in [0.15, 0.2) is 35.1 Å². The van der Waals surface area contributed by atoms with Gasteiger partial charge >= 0.3 is 0 Å². The maximum absolute atomic E-state index is 4.27. The lowest BCUT2D eigenvalue weighted by atomic mass is 10.3. The van der Waals surface area contributed by atoms with E-state index in [0.29, 0.717) is 12.6 Å². The molecule has 0 unspecified atom stereocenters. The van der Waals surface area contributed by atoms with Crippen LogP contribution in [0, 0.1) is 0 Å². The predicted octanol–water partition coefficient (Wildman–Crippen LogP) is 2.53. The van der Waals surface area contributed by atoms with Crippen LogP contribution in [0.25, 0.3) is 5.69 Å². The van der Waals surface area contributed by atoms with E-state index in [1.54, 1.807) is 6.33 Å². The average molecular weight is 295 g/mol. The molecule has 0 amide bonds. The van der Waals surface area contributed by atoms with Crippen molar-refractivity contribution in [2.45, 2.75) is 26.4 Å². The van der Waals surface area contributed by atoms with Crippen LogP contribution >= 0.6 is 15.9 Å². The van der Waals surface area contributed by atoms with Gasteiger partial charge in [0.2, 0.25) is 0 Å². The topological polar surface area (TPSA) is 42.7 Å². The van der Waals surface area contributed by atoms with Crippen molar-refractivity contribution < 1.29 is 0 Å². The molecule has 1 aromatic carbocycles. The molecule has 0 bridgehead atoms. The van der Waals surface area contributed by atoms with Gasteiger partial charge in [-0.1, -0.05) is 26.0 Å². The summed E-state index contributed by atoms with van der Waals surface area (Å²) in [6, 6.07) is 8.41. The fourth-order valence-electron chi connectivity index (χ4n) is 1.51. The molecule has 17 heavy (non-hydrogen) atoms. The van der Waals surface area contributed by atoms with Crippen LogP contribution in [0.5, 0.6) is 0 Å². The Kier molecular flexibility index (Phi) is 3.91. The second-order valence-corrected chi connectivity index (χ2v) is 4.93. The number of halogens is 1. The minimum atomic E-state index is 0.430. The summed E-state index contributed by atoms with van der Waals surface area (Å²) >= 11 is 3.52. The standard InChI is InChI=1S/C12H15BrN4/c1-9(2)14-7-12-15-8-16-17(12)11-6-4-3-5-10(11)13/h3-6,8-9,14H,7H2,1-2H3. The Balaban J connectivity index is 2.28. The zero-order valence-electron chi connectivity index (χ0n) is 9.89. The van der Waals surface area contributed by atoms with Crippen molar-refractivity contribution in [2.24, 2.45) is 0 Å². The smallest absolute Gasteiger partial charge is 0.146 e. The van der Waals surface area contributed by atoms with Crippen molar-refractivity contribution in [3.8, 4) is 5.69 Å². The van der Waals surface area contributed by atoms with Crippen molar-refractivity contribution in [1.29, 1.82) is 0 Å². The maximum atomic E-state index is 4.27. The molecule has 2 rings (SSSR count). The van der Waals surface area contributed by atoms with Gasteiger partial charge in [0.25, 0.3) is 0 Å². The van der Waals surface area contributed by atoms with Gasteiger partial charge in [-0.25, -0.2) is 9.67 Å². The highest BCUT2D eigenvalue weighted by Gasteiger charge is 2.09. The van der Waals surface area contributed by atoms with Crippen molar-refractivity contribution in [3.05, 3.63) is 40.9 Å². The lowest BCUT2D eigenvalue weighted by Gasteiger charge is -2.10. The van der Waals surface area contributed by atoms with Gasteiger partial charge in [0.05, 0.1) is 12.2 Å². The Morgan fingerprint density at radius 3 is 2.82 bits per heavy atom. The highest BCUT2D eigenvalue weighted by atomic mass is 79.9. The van der Waals surface area contributed by atoms with Crippen LogP contribution in [0.2, 0.25) is 0 Å².